The molecule has 0 saturated heterocycles. The number of aromatic nitrogens is 1. The molecule has 0 fully saturated rings. The van der Waals surface area contributed by atoms with E-state index >= 15 is 0 Å². The lowest BCUT2D eigenvalue weighted by Crippen LogP contribution is -2.43. The Bertz CT molecular complexity index is 1020. The number of alkyl halides is 3. The van der Waals surface area contributed by atoms with Crippen LogP contribution in [0.3, 0.4) is 0 Å². The maximum absolute atomic E-state index is 13.5. The molecule has 1 aliphatic carbocycles. The third-order valence-electron chi connectivity index (χ3n) is 6.05. The number of Topliss-reactive ketones (excluding diaryl/α,β-unsaturated/α-hetero) is 1. The number of anilines is 1. The van der Waals surface area contributed by atoms with E-state index in [0.29, 0.717) is 36.2 Å². The summed E-state index contributed by atoms with van der Waals surface area (Å²) in [5.41, 5.74) is 0.690. The van der Waals surface area contributed by atoms with Crippen molar-refractivity contribution in [2.75, 3.05) is 5.32 Å². The van der Waals surface area contributed by atoms with E-state index in [1.807, 2.05) is 26.8 Å². The molecule has 4 rings (SSSR count). The third-order valence-corrected chi connectivity index (χ3v) is 6.05. The van der Waals surface area contributed by atoms with Crippen molar-refractivity contribution >= 4 is 11.6 Å². The van der Waals surface area contributed by atoms with E-state index in [0.717, 1.165) is 17.3 Å². The fourth-order valence-corrected chi connectivity index (χ4v) is 4.88. The molecule has 152 valence electrons. The SMILES string of the molecule is CC[C@@]1(c2cccc(C(F)(F)F)c2)C2=C(CC(C)(C)CC2=O)Nc2ncccc21. The van der Waals surface area contributed by atoms with Gasteiger partial charge in [0.05, 0.1) is 11.0 Å². The topological polar surface area (TPSA) is 42.0 Å². The monoisotopic (exact) mass is 400 g/mol. The summed E-state index contributed by atoms with van der Waals surface area (Å²) in [6, 6.07) is 8.99. The highest BCUT2D eigenvalue weighted by Crippen LogP contribution is 2.54. The van der Waals surface area contributed by atoms with Crippen LogP contribution in [0.2, 0.25) is 0 Å². The van der Waals surface area contributed by atoms with Gasteiger partial charge in [-0.1, -0.05) is 45.0 Å². The van der Waals surface area contributed by atoms with Crippen LogP contribution in [0.15, 0.2) is 53.9 Å². The van der Waals surface area contributed by atoms with Crippen LogP contribution in [0.25, 0.3) is 0 Å². The molecule has 1 aromatic carbocycles. The number of halogens is 3. The number of hydrogen-bond donors (Lipinski definition) is 1. The number of allylic oxidation sites excluding steroid dienone is 2. The van der Waals surface area contributed by atoms with Crippen molar-refractivity contribution in [3.8, 4) is 0 Å². The van der Waals surface area contributed by atoms with Crippen LogP contribution in [0.5, 0.6) is 0 Å². The molecule has 2 aromatic rings. The Morgan fingerprint density at radius 1 is 1.14 bits per heavy atom. The molecule has 1 N–H and O–H groups in total. The summed E-state index contributed by atoms with van der Waals surface area (Å²) in [5, 5.41) is 3.31. The number of carbonyl (C=O) groups excluding carboxylic acids is 1. The maximum atomic E-state index is 13.5. The summed E-state index contributed by atoms with van der Waals surface area (Å²) in [7, 11) is 0. The molecular formula is C23H23F3N2O. The number of ketones is 1. The van der Waals surface area contributed by atoms with Gasteiger partial charge < -0.3 is 5.32 Å². The average Bonchev–Trinajstić information content (AvgIpc) is 2.64. The zero-order valence-electron chi connectivity index (χ0n) is 16.7. The fourth-order valence-electron chi connectivity index (χ4n) is 4.88. The van der Waals surface area contributed by atoms with E-state index in [4.69, 9.17) is 0 Å². The van der Waals surface area contributed by atoms with Crippen molar-refractivity contribution < 1.29 is 18.0 Å². The first-order chi connectivity index (χ1) is 13.6. The molecule has 29 heavy (non-hydrogen) atoms. The van der Waals surface area contributed by atoms with Gasteiger partial charge in [-0.15, -0.1) is 0 Å². The summed E-state index contributed by atoms with van der Waals surface area (Å²) in [5.74, 6) is 0.591. The minimum atomic E-state index is -4.45. The summed E-state index contributed by atoms with van der Waals surface area (Å²) < 4.78 is 40.4. The molecule has 1 aromatic heterocycles. The van der Waals surface area contributed by atoms with Crippen molar-refractivity contribution in [3.05, 3.63) is 70.6 Å². The quantitative estimate of drug-likeness (QED) is 0.686. The molecule has 6 heteroatoms. The first-order valence-electron chi connectivity index (χ1n) is 9.75. The molecule has 1 aliphatic heterocycles. The highest BCUT2D eigenvalue weighted by atomic mass is 19.4. The van der Waals surface area contributed by atoms with Crippen LogP contribution in [0.4, 0.5) is 19.0 Å². The van der Waals surface area contributed by atoms with Gasteiger partial charge in [0, 0.05) is 29.5 Å². The number of hydrogen-bond acceptors (Lipinski definition) is 3. The second-order valence-electron chi connectivity index (χ2n) is 8.66. The number of rotatable bonds is 2. The number of benzene rings is 1. The molecule has 2 aliphatic rings. The van der Waals surface area contributed by atoms with Gasteiger partial charge in [0.25, 0.3) is 0 Å². The van der Waals surface area contributed by atoms with Gasteiger partial charge in [-0.2, -0.15) is 13.2 Å². The number of pyridine rings is 1. The first kappa shape index (κ1) is 19.7. The largest absolute Gasteiger partial charge is 0.416 e. The molecule has 3 nitrogen and oxygen atoms in total. The van der Waals surface area contributed by atoms with Gasteiger partial charge in [-0.05, 0) is 36.0 Å². The summed E-state index contributed by atoms with van der Waals surface area (Å²) in [6.07, 6.45) is -1.33. The van der Waals surface area contributed by atoms with Gasteiger partial charge in [0.15, 0.2) is 5.78 Å². The fraction of sp³-hybridized carbons (Fsp3) is 0.391. The standard InChI is InChI=1S/C23H23F3N2O/c1-4-22(14-7-5-8-15(11-14)23(24,25)26)16-9-6-10-27-20(16)28-17-12-21(2,3)13-18(29)19(17)22/h5-11H,4,12-13H2,1-3H3,(H,27,28)/t22-/m0/s1. The van der Waals surface area contributed by atoms with Gasteiger partial charge in [-0.3, -0.25) is 4.79 Å². The molecule has 0 radical (unpaired) electrons. The van der Waals surface area contributed by atoms with Crippen LogP contribution in [0, 0.1) is 5.41 Å². The summed E-state index contributed by atoms with van der Waals surface area (Å²) >= 11 is 0. The van der Waals surface area contributed by atoms with Crippen LogP contribution in [-0.4, -0.2) is 10.8 Å². The Hall–Kier alpha value is -2.63. The Labute approximate surface area is 168 Å². The van der Waals surface area contributed by atoms with E-state index in [1.54, 1.807) is 18.3 Å². The smallest absolute Gasteiger partial charge is 0.343 e. The van der Waals surface area contributed by atoms with Crippen LogP contribution in [0.1, 0.15) is 56.7 Å². The van der Waals surface area contributed by atoms with E-state index in [-0.39, 0.29) is 11.2 Å². The van der Waals surface area contributed by atoms with Gasteiger partial charge in [0.2, 0.25) is 0 Å². The minimum absolute atomic E-state index is 0.0162. The van der Waals surface area contributed by atoms with Gasteiger partial charge >= 0.3 is 6.18 Å². The zero-order chi connectivity index (χ0) is 21.0. The van der Waals surface area contributed by atoms with E-state index in [9.17, 15) is 18.0 Å². The Morgan fingerprint density at radius 3 is 2.59 bits per heavy atom. The van der Waals surface area contributed by atoms with Crippen molar-refractivity contribution in [1.82, 2.24) is 4.98 Å². The van der Waals surface area contributed by atoms with Crippen molar-refractivity contribution in [3.63, 3.8) is 0 Å². The molecule has 1 atom stereocenters. The first-order valence-corrected chi connectivity index (χ1v) is 9.75. The molecule has 0 amide bonds. The lowest BCUT2D eigenvalue weighted by atomic mass is 9.59. The number of nitrogens with one attached hydrogen (secondary N) is 1. The zero-order valence-corrected chi connectivity index (χ0v) is 16.7. The Kier molecular flexibility index (Phi) is 4.37. The predicted molar refractivity (Wildman–Crippen MR) is 105 cm³/mol. The minimum Gasteiger partial charge on any atom is -0.343 e. The van der Waals surface area contributed by atoms with Crippen LogP contribution < -0.4 is 5.32 Å². The van der Waals surface area contributed by atoms with Crippen molar-refractivity contribution in [2.24, 2.45) is 5.41 Å². The molecular weight excluding hydrogens is 377 g/mol. The third kappa shape index (κ3) is 3.05. The van der Waals surface area contributed by atoms with Crippen molar-refractivity contribution in [2.45, 2.75) is 51.6 Å². The number of nitrogens with zero attached hydrogens (tertiary/aromatic N) is 1. The van der Waals surface area contributed by atoms with E-state index in [2.05, 4.69) is 10.3 Å². The molecule has 0 unspecified atom stereocenters. The van der Waals surface area contributed by atoms with Crippen LogP contribution in [-0.2, 0) is 16.4 Å². The van der Waals surface area contributed by atoms with Gasteiger partial charge in [-0.25, -0.2) is 4.98 Å². The normalized spacial score (nSPS) is 23.3. The average molecular weight is 400 g/mol. The maximum Gasteiger partial charge on any atom is 0.416 e. The lowest BCUT2D eigenvalue weighted by molar-refractivity contribution is -0.137. The molecule has 0 saturated carbocycles. The highest BCUT2D eigenvalue weighted by Gasteiger charge is 2.50. The number of fused-ring (bicyclic) bond motifs is 1. The van der Waals surface area contributed by atoms with E-state index in [1.165, 1.54) is 12.1 Å². The molecule has 2 heterocycles. The van der Waals surface area contributed by atoms with Crippen molar-refractivity contribution in [1.29, 1.82) is 0 Å². The second-order valence-corrected chi connectivity index (χ2v) is 8.66. The summed E-state index contributed by atoms with van der Waals surface area (Å²) in [6.45, 7) is 5.98. The lowest BCUT2D eigenvalue weighted by Gasteiger charge is -2.46. The predicted octanol–water partition coefficient (Wildman–Crippen LogP) is 5.87. The number of carbonyl (C=O) groups is 1. The second kappa shape index (κ2) is 6.44. The summed E-state index contributed by atoms with van der Waals surface area (Å²) in [4.78, 5) is 17.8. The highest BCUT2D eigenvalue weighted by molar-refractivity contribution is 6.02. The molecule has 0 bridgehead atoms. The van der Waals surface area contributed by atoms with E-state index < -0.39 is 17.2 Å². The van der Waals surface area contributed by atoms with Crippen LogP contribution >= 0.6 is 0 Å². The molecule has 0 spiro atoms. The Balaban J connectivity index is 2.04. The Morgan fingerprint density at radius 2 is 1.90 bits per heavy atom. The van der Waals surface area contributed by atoms with Gasteiger partial charge in [0.1, 0.15) is 5.82 Å².